The molecule has 0 atom stereocenters. The standard InChI is InChI=1S/2C14H15O4P/c2*15-19(16,17-11-13-7-3-1-4-8-13)18-12-14-9-5-2-6-10-14/h2*1-10H,11-12H2,(H,15,16). The van der Waals surface area contributed by atoms with E-state index >= 15 is 0 Å². The Hall–Kier alpha value is -2.90. The third-order valence-electron chi connectivity index (χ3n) is 4.95. The van der Waals surface area contributed by atoms with Crippen molar-refractivity contribution in [1.29, 1.82) is 0 Å². The van der Waals surface area contributed by atoms with Crippen molar-refractivity contribution >= 4 is 15.6 Å². The van der Waals surface area contributed by atoms with Crippen LogP contribution in [0, 0.1) is 0 Å². The van der Waals surface area contributed by atoms with E-state index in [-0.39, 0.29) is 26.4 Å². The molecule has 8 nitrogen and oxygen atoms in total. The summed E-state index contributed by atoms with van der Waals surface area (Å²) < 4.78 is 43.0. The number of rotatable bonds is 12. The number of phosphoric ester groups is 2. The lowest BCUT2D eigenvalue weighted by molar-refractivity contribution is 0.136. The van der Waals surface area contributed by atoms with Gasteiger partial charge in [0.25, 0.3) is 0 Å². The fourth-order valence-corrected chi connectivity index (χ4v) is 4.39. The fourth-order valence-electron chi connectivity index (χ4n) is 3.00. The molecule has 0 aliphatic rings. The van der Waals surface area contributed by atoms with Crippen molar-refractivity contribution in [3.8, 4) is 0 Å². The molecule has 0 amide bonds. The fraction of sp³-hybridized carbons (Fsp3) is 0.143. The van der Waals surface area contributed by atoms with Gasteiger partial charge < -0.3 is 9.79 Å². The summed E-state index contributed by atoms with van der Waals surface area (Å²) in [5.74, 6) is 0. The maximum absolute atomic E-state index is 11.7. The van der Waals surface area contributed by atoms with Crippen LogP contribution in [0.3, 0.4) is 0 Å². The van der Waals surface area contributed by atoms with Crippen molar-refractivity contribution in [1.82, 2.24) is 0 Å². The SMILES string of the molecule is O=P(O)(OCc1ccccc1)OCc1ccccc1.O=P(O)(OCc1ccccc1)OCc1ccccc1. The minimum Gasteiger partial charge on any atom is -0.302 e. The zero-order valence-corrected chi connectivity index (χ0v) is 22.4. The molecule has 0 spiro atoms. The Bertz CT molecular complexity index is 1090. The molecular formula is C28H30O8P2. The molecule has 0 heterocycles. The summed E-state index contributed by atoms with van der Waals surface area (Å²) in [4.78, 5) is 19.1. The van der Waals surface area contributed by atoms with Gasteiger partial charge in [-0.05, 0) is 22.3 Å². The van der Waals surface area contributed by atoms with Crippen LogP contribution in [0.15, 0.2) is 121 Å². The molecule has 4 aromatic rings. The second-order valence-corrected chi connectivity index (χ2v) is 10.9. The summed E-state index contributed by atoms with van der Waals surface area (Å²) in [5, 5.41) is 0. The predicted octanol–water partition coefficient (Wildman–Crippen LogP) is 7.04. The highest BCUT2D eigenvalue weighted by Gasteiger charge is 2.21. The zero-order valence-electron chi connectivity index (χ0n) is 20.6. The van der Waals surface area contributed by atoms with E-state index in [9.17, 15) is 18.9 Å². The lowest BCUT2D eigenvalue weighted by atomic mass is 10.2. The molecule has 200 valence electrons. The number of hydrogen-bond acceptors (Lipinski definition) is 6. The monoisotopic (exact) mass is 556 g/mol. The van der Waals surface area contributed by atoms with Gasteiger partial charge in [0, 0.05) is 0 Å². The van der Waals surface area contributed by atoms with Crippen LogP contribution < -0.4 is 0 Å². The molecule has 0 saturated carbocycles. The van der Waals surface area contributed by atoms with Gasteiger partial charge in [0.2, 0.25) is 0 Å². The molecule has 0 bridgehead atoms. The van der Waals surface area contributed by atoms with E-state index in [1.165, 1.54) is 0 Å². The van der Waals surface area contributed by atoms with Crippen LogP contribution in [0.1, 0.15) is 22.3 Å². The van der Waals surface area contributed by atoms with E-state index in [0.717, 1.165) is 22.3 Å². The van der Waals surface area contributed by atoms with Crippen LogP contribution in [-0.2, 0) is 53.7 Å². The largest absolute Gasteiger partial charge is 0.472 e. The highest BCUT2D eigenvalue weighted by Crippen LogP contribution is 2.45. The molecule has 10 heteroatoms. The van der Waals surface area contributed by atoms with Gasteiger partial charge in [-0.3, -0.25) is 18.1 Å². The molecule has 0 unspecified atom stereocenters. The molecule has 0 aliphatic heterocycles. The van der Waals surface area contributed by atoms with Gasteiger partial charge in [-0.1, -0.05) is 121 Å². The highest BCUT2D eigenvalue weighted by atomic mass is 31.2. The molecule has 2 N–H and O–H groups in total. The Labute approximate surface area is 222 Å². The van der Waals surface area contributed by atoms with Crippen LogP contribution >= 0.6 is 15.6 Å². The first-order valence-electron chi connectivity index (χ1n) is 11.7. The Kier molecular flexibility index (Phi) is 12.1. The minimum atomic E-state index is -4.02. The summed E-state index contributed by atoms with van der Waals surface area (Å²) in [5.41, 5.74) is 3.28. The van der Waals surface area contributed by atoms with Gasteiger partial charge in [0.1, 0.15) is 0 Å². The first kappa shape index (κ1) is 29.7. The van der Waals surface area contributed by atoms with Crippen LogP contribution in [0.25, 0.3) is 0 Å². The van der Waals surface area contributed by atoms with Crippen LogP contribution in [-0.4, -0.2) is 9.79 Å². The van der Waals surface area contributed by atoms with Gasteiger partial charge in [-0.25, -0.2) is 9.13 Å². The maximum Gasteiger partial charge on any atom is 0.472 e. The van der Waals surface area contributed by atoms with Crippen LogP contribution in [0.4, 0.5) is 0 Å². The van der Waals surface area contributed by atoms with Crippen LogP contribution in [0.2, 0.25) is 0 Å². The molecule has 0 fully saturated rings. The lowest BCUT2D eigenvalue weighted by Crippen LogP contribution is -1.96. The quantitative estimate of drug-likeness (QED) is 0.179. The Morgan fingerprint density at radius 1 is 0.395 bits per heavy atom. The molecule has 0 aromatic heterocycles. The molecule has 4 aromatic carbocycles. The first-order chi connectivity index (χ1) is 18.3. The number of hydrogen-bond donors (Lipinski definition) is 2. The van der Waals surface area contributed by atoms with Crippen molar-refractivity contribution in [2.75, 3.05) is 0 Å². The zero-order chi connectivity index (χ0) is 27.1. The van der Waals surface area contributed by atoms with Gasteiger partial charge in [0.05, 0.1) is 26.4 Å². The molecule has 4 rings (SSSR count). The van der Waals surface area contributed by atoms with E-state index in [0.29, 0.717) is 0 Å². The van der Waals surface area contributed by atoms with E-state index < -0.39 is 15.6 Å². The summed E-state index contributed by atoms with van der Waals surface area (Å²) in [6.07, 6.45) is 0. The maximum atomic E-state index is 11.7. The van der Waals surface area contributed by atoms with E-state index in [1.54, 1.807) is 0 Å². The second kappa shape index (κ2) is 15.5. The second-order valence-electron chi connectivity index (χ2n) is 7.97. The van der Waals surface area contributed by atoms with Crippen molar-refractivity contribution < 1.29 is 37.0 Å². The Morgan fingerprint density at radius 3 is 0.763 bits per heavy atom. The highest BCUT2D eigenvalue weighted by molar-refractivity contribution is 7.47. The minimum absolute atomic E-state index is 0.0450. The van der Waals surface area contributed by atoms with Crippen LogP contribution in [0.5, 0.6) is 0 Å². The molecule has 0 radical (unpaired) electrons. The van der Waals surface area contributed by atoms with E-state index in [1.807, 2.05) is 121 Å². The summed E-state index contributed by atoms with van der Waals surface area (Å²) >= 11 is 0. The summed E-state index contributed by atoms with van der Waals surface area (Å²) in [6, 6.07) is 36.7. The average Bonchev–Trinajstić information content (AvgIpc) is 2.96. The van der Waals surface area contributed by atoms with Gasteiger partial charge in [0.15, 0.2) is 0 Å². The molecule has 0 aliphatic carbocycles. The molecule has 38 heavy (non-hydrogen) atoms. The summed E-state index contributed by atoms with van der Waals surface area (Å²) in [6.45, 7) is 0.180. The van der Waals surface area contributed by atoms with Gasteiger partial charge >= 0.3 is 15.6 Å². The van der Waals surface area contributed by atoms with Crippen molar-refractivity contribution in [2.45, 2.75) is 26.4 Å². The predicted molar refractivity (Wildman–Crippen MR) is 145 cm³/mol. The van der Waals surface area contributed by atoms with Gasteiger partial charge in [-0.15, -0.1) is 0 Å². The van der Waals surface area contributed by atoms with Crippen molar-refractivity contribution in [2.24, 2.45) is 0 Å². The summed E-state index contributed by atoms with van der Waals surface area (Å²) in [7, 11) is -8.05. The van der Waals surface area contributed by atoms with E-state index in [4.69, 9.17) is 18.1 Å². The smallest absolute Gasteiger partial charge is 0.302 e. The third-order valence-corrected chi connectivity index (χ3v) is 6.77. The van der Waals surface area contributed by atoms with E-state index in [2.05, 4.69) is 0 Å². The lowest BCUT2D eigenvalue weighted by Gasteiger charge is -2.12. The Morgan fingerprint density at radius 2 is 0.579 bits per heavy atom. The first-order valence-corrected chi connectivity index (χ1v) is 14.7. The third kappa shape index (κ3) is 12.1. The molecule has 0 saturated heterocycles. The Balaban J connectivity index is 0.000000211. The van der Waals surface area contributed by atoms with Crippen molar-refractivity contribution in [3.05, 3.63) is 144 Å². The normalized spacial score (nSPS) is 11.4. The van der Waals surface area contributed by atoms with Gasteiger partial charge in [-0.2, -0.15) is 0 Å². The molecular weight excluding hydrogens is 526 g/mol. The van der Waals surface area contributed by atoms with Crippen molar-refractivity contribution in [3.63, 3.8) is 0 Å². The average molecular weight is 556 g/mol. The number of benzene rings is 4. The topological polar surface area (TPSA) is 112 Å². The number of phosphoric acid groups is 2.